The average molecular weight is 470 g/mol. The minimum atomic E-state index is 0.153. The van der Waals surface area contributed by atoms with Gasteiger partial charge in [0.05, 0.1) is 18.0 Å². The van der Waals surface area contributed by atoms with E-state index < -0.39 is 0 Å². The highest BCUT2D eigenvalue weighted by atomic mass is 32.2. The molecule has 0 spiro atoms. The Balaban J connectivity index is 1.23. The van der Waals surface area contributed by atoms with E-state index in [2.05, 4.69) is 44.7 Å². The van der Waals surface area contributed by atoms with Gasteiger partial charge >= 0.3 is 0 Å². The Morgan fingerprint density at radius 3 is 2.59 bits per heavy atom. The van der Waals surface area contributed by atoms with Crippen molar-refractivity contribution in [1.82, 2.24) is 20.0 Å². The summed E-state index contributed by atoms with van der Waals surface area (Å²) in [6.07, 6.45) is 0. The topological polar surface area (TPSA) is 70.6 Å². The Hall–Kier alpha value is -2.62. The first-order chi connectivity index (χ1) is 15.7. The van der Waals surface area contributed by atoms with Gasteiger partial charge in [-0.3, -0.25) is 9.69 Å². The molecule has 0 radical (unpaired) electrons. The number of rotatable bonds is 9. The van der Waals surface area contributed by atoms with E-state index in [1.54, 1.807) is 0 Å². The number of thioether (sulfide) groups is 1. The number of anilines is 2. The maximum absolute atomic E-state index is 12.7. The third kappa shape index (κ3) is 6.21. The molecule has 0 saturated carbocycles. The molecule has 1 aliphatic rings. The fraction of sp³-hybridized carbons (Fsp3) is 0.348. The molecule has 1 saturated heterocycles. The molecule has 3 aromatic rings. The number of hydrogen-bond donors (Lipinski definition) is 1. The van der Waals surface area contributed by atoms with Gasteiger partial charge in [0.2, 0.25) is 11.0 Å². The van der Waals surface area contributed by atoms with Gasteiger partial charge in [-0.05, 0) is 24.6 Å². The molecule has 1 aromatic heterocycles. The van der Waals surface area contributed by atoms with E-state index >= 15 is 0 Å². The van der Waals surface area contributed by atoms with E-state index in [-0.39, 0.29) is 5.91 Å². The zero-order chi connectivity index (χ0) is 22.2. The van der Waals surface area contributed by atoms with Crippen molar-refractivity contribution in [3.63, 3.8) is 0 Å². The number of amides is 1. The lowest BCUT2D eigenvalue weighted by molar-refractivity contribution is -0.130. The van der Waals surface area contributed by atoms with Crippen molar-refractivity contribution in [2.45, 2.75) is 17.8 Å². The number of nitrogens with zero attached hydrogens (tertiary/aromatic N) is 4. The van der Waals surface area contributed by atoms with Gasteiger partial charge in [0.15, 0.2) is 4.34 Å². The van der Waals surface area contributed by atoms with Crippen LogP contribution in [0.25, 0.3) is 0 Å². The van der Waals surface area contributed by atoms with Crippen LogP contribution in [-0.4, -0.2) is 64.4 Å². The van der Waals surface area contributed by atoms with Gasteiger partial charge in [-0.1, -0.05) is 65.6 Å². The van der Waals surface area contributed by atoms with E-state index in [0.29, 0.717) is 17.5 Å². The highest BCUT2D eigenvalue weighted by molar-refractivity contribution is 8.01. The van der Waals surface area contributed by atoms with Crippen molar-refractivity contribution in [1.29, 1.82) is 0 Å². The van der Waals surface area contributed by atoms with Crippen LogP contribution >= 0.6 is 23.1 Å². The first-order valence-corrected chi connectivity index (χ1v) is 12.5. The monoisotopic (exact) mass is 469 g/mol. The highest BCUT2D eigenvalue weighted by Gasteiger charge is 2.21. The Kier molecular flexibility index (Phi) is 7.97. The third-order valence-electron chi connectivity index (χ3n) is 5.13. The lowest BCUT2D eigenvalue weighted by atomic mass is 10.2. The van der Waals surface area contributed by atoms with Crippen molar-refractivity contribution in [2.24, 2.45) is 0 Å². The number of hydrogen-bond acceptors (Lipinski definition) is 8. The summed E-state index contributed by atoms with van der Waals surface area (Å²) in [7, 11) is 0. The number of para-hydroxylation sites is 2. The van der Waals surface area contributed by atoms with E-state index in [4.69, 9.17) is 4.74 Å². The quantitative estimate of drug-likeness (QED) is 0.473. The fourth-order valence-corrected chi connectivity index (χ4v) is 5.16. The van der Waals surface area contributed by atoms with Crippen molar-refractivity contribution in [2.75, 3.05) is 43.9 Å². The Morgan fingerprint density at radius 2 is 1.81 bits per heavy atom. The Bertz CT molecular complexity index is 1010. The lowest BCUT2D eigenvalue weighted by Gasteiger charge is -2.34. The van der Waals surface area contributed by atoms with Gasteiger partial charge in [0.25, 0.3) is 0 Å². The van der Waals surface area contributed by atoms with Crippen LogP contribution < -0.4 is 10.1 Å². The van der Waals surface area contributed by atoms with E-state index in [1.165, 1.54) is 28.7 Å². The lowest BCUT2D eigenvalue weighted by Crippen LogP contribution is -2.48. The summed E-state index contributed by atoms with van der Waals surface area (Å²) < 4.78 is 6.41. The number of carbonyl (C=O) groups is 1. The molecule has 0 unspecified atom stereocenters. The molecule has 9 heteroatoms. The second-order valence-corrected chi connectivity index (χ2v) is 9.56. The predicted octanol–water partition coefficient (Wildman–Crippen LogP) is 4.12. The maximum atomic E-state index is 12.7. The minimum Gasteiger partial charge on any atom is -0.492 e. The number of nitrogens with one attached hydrogen (secondary N) is 1. The Labute approximate surface area is 196 Å². The van der Waals surface area contributed by atoms with Gasteiger partial charge in [-0.2, -0.15) is 0 Å². The van der Waals surface area contributed by atoms with Crippen molar-refractivity contribution < 1.29 is 9.53 Å². The number of benzene rings is 2. The SMILES string of the molecule is CCOc1ccccc1Nc1nnc(SCC(=O)N2CCN(Cc3ccccc3)CC2)s1. The second kappa shape index (κ2) is 11.3. The van der Waals surface area contributed by atoms with Crippen LogP contribution in [0, 0.1) is 0 Å². The van der Waals surface area contributed by atoms with Gasteiger partial charge in [0.1, 0.15) is 5.75 Å². The van der Waals surface area contributed by atoms with E-state index in [0.717, 1.165) is 48.5 Å². The number of ether oxygens (including phenoxy) is 1. The molecule has 1 N–H and O–H groups in total. The molecule has 2 heterocycles. The number of aromatic nitrogens is 2. The molecule has 32 heavy (non-hydrogen) atoms. The molecule has 4 rings (SSSR count). The van der Waals surface area contributed by atoms with Gasteiger partial charge in [-0.25, -0.2) is 0 Å². The summed E-state index contributed by atoms with van der Waals surface area (Å²) in [5.74, 6) is 1.31. The predicted molar refractivity (Wildman–Crippen MR) is 130 cm³/mol. The largest absolute Gasteiger partial charge is 0.492 e. The fourth-order valence-electron chi connectivity index (χ4n) is 3.50. The molecule has 1 amide bonds. The van der Waals surface area contributed by atoms with Crippen molar-refractivity contribution in [3.8, 4) is 5.75 Å². The van der Waals surface area contributed by atoms with Gasteiger partial charge in [0, 0.05) is 32.7 Å². The second-order valence-electron chi connectivity index (χ2n) is 7.36. The molecule has 1 fully saturated rings. The van der Waals surface area contributed by atoms with Crippen LogP contribution in [0.1, 0.15) is 12.5 Å². The molecule has 0 atom stereocenters. The van der Waals surface area contributed by atoms with Crippen LogP contribution in [-0.2, 0) is 11.3 Å². The smallest absolute Gasteiger partial charge is 0.233 e. The van der Waals surface area contributed by atoms with Crippen LogP contribution in [0.15, 0.2) is 58.9 Å². The first-order valence-electron chi connectivity index (χ1n) is 10.7. The maximum Gasteiger partial charge on any atom is 0.233 e. The molecule has 0 aliphatic carbocycles. The van der Waals surface area contributed by atoms with Crippen molar-refractivity contribution >= 4 is 39.8 Å². The zero-order valence-electron chi connectivity index (χ0n) is 18.1. The Morgan fingerprint density at radius 1 is 1.06 bits per heavy atom. The number of piperazine rings is 1. The normalized spacial score (nSPS) is 14.3. The van der Waals surface area contributed by atoms with Crippen LogP contribution in [0.4, 0.5) is 10.8 Å². The van der Waals surface area contributed by atoms with Gasteiger partial charge < -0.3 is 15.0 Å². The summed E-state index contributed by atoms with van der Waals surface area (Å²) in [4.78, 5) is 17.0. The summed E-state index contributed by atoms with van der Waals surface area (Å²) in [6.45, 7) is 6.82. The highest BCUT2D eigenvalue weighted by Crippen LogP contribution is 2.31. The summed E-state index contributed by atoms with van der Waals surface area (Å²) in [5.41, 5.74) is 2.17. The molecular formula is C23H27N5O2S2. The third-order valence-corrected chi connectivity index (χ3v) is 7.08. The van der Waals surface area contributed by atoms with Gasteiger partial charge in [-0.15, -0.1) is 10.2 Å². The summed E-state index contributed by atoms with van der Waals surface area (Å²) in [5, 5.41) is 12.4. The van der Waals surface area contributed by atoms with Crippen LogP contribution in [0.2, 0.25) is 0 Å². The van der Waals surface area contributed by atoms with Crippen molar-refractivity contribution in [3.05, 3.63) is 60.2 Å². The van der Waals surface area contributed by atoms with E-state index in [1.807, 2.05) is 42.2 Å². The number of carbonyl (C=O) groups excluding carboxylic acids is 1. The standard InChI is InChI=1S/C23H27N5O2S2/c1-2-30-20-11-7-6-10-19(20)24-22-25-26-23(32-22)31-17-21(29)28-14-12-27(13-15-28)16-18-8-4-3-5-9-18/h3-11H,2,12-17H2,1H3,(H,24,25). The van der Waals surface area contributed by atoms with Crippen LogP contribution in [0.3, 0.4) is 0 Å². The summed E-state index contributed by atoms with van der Waals surface area (Å²) in [6, 6.07) is 18.2. The molecule has 168 valence electrons. The minimum absolute atomic E-state index is 0.153. The molecule has 2 aromatic carbocycles. The average Bonchev–Trinajstić information content (AvgIpc) is 3.27. The van der Waals surface area contributed by atoms with E-state index in [9.17, 15) is 4.79 Å². The molecule has 1 aliphatic heterocycles. The molecular weight excluding hydrogens is 442 g/mol. The molecule has 7 nitrogen and oxygen atoms in total. The zero-order valence-corrected chi connectivity index (χ0v) is 19.7. The molecule has 0 bridgehead atoms. The first kappa shape index (κ1) is 22.6. The van der Waals surface area contributed by atoms with Crippen LogP contribution in [0.5, 0.6) is 5.75 Å². The summed E-state index contributed by atoms with van der Waals surface area (Å²) >= 11 is 2.88.